The summed E-state index contributed by atoms with van der Waals surface area (Å²) in [6.07, 6.45) is 1.58. The first kappa shape index (κ1) is 38.7. The second kappa shape index (κ2) is 17.4. The van der Waals surface area contributed by atoms with Crippen molar-refractivity contribution < 1.29 is 46.0 Å². The van der Waals surface area contributed by atoms with Crippen molar-refractivity contribution in [3.63, 3.8) is 0 Å². The number of fused-ring (bicyclic) bond motifs is 3. The zero-order valence-electron chi connectivity index (χ0n) is 29.5. The van der Waals surface area contributed by atoms with Crippen LogP contribution in [-0.2, 0) is 42.0 Å². The molecule has 286 valence electrons. The molecule has 3 aliphatic heterocycles. The Hall–Kier alpha value is -2.99. The minimum atomic E-state index is -4.24. The topological polar surface area (TPSA) is 149 Å². The van der Waals surface area contributed by atoms with Crippen molar-refractivity contribution in [2.75, 3.05) is 38.2 Å². The summed E-state index contributed by atoms with van der Waals surface area (Å²) in [7, 11) is -4.24. The molecule has 3 aromatic rings. The largest absolute Gasteiger partial charge is 0.446 e. The monoisotopic (exact) mass is 766 g/mol. The van der Waals surface area contributed by atoms with Crippen LogP contribution < -0.4 is 10.6 Å². The van der Waals surface area contributed by atoms with Gasteiger partial charge in [0.2, 0.25) is 10.0 Å². The molecule has 3 N–H and O–H groups in total. The van der Waals surface area contributed by atoms with Gasteiger partial charge in [-0.15, -0.1) is 0 Å². The zero-order chi connectivity index (χ0) is 36.8. The lowest BCUT2D eigenvalue weighted by atomic mass is 9.95. The van der Waals surface area contributed by atoms with Gasteiger partial charge in [-0.1, -0.05) is 30.6 Å². The standard InChI is InChI=1S/C36H48F2N4O8S2/c1-22(2)39-35-40-29-17-24-21-47-11-7-5-3-4-6-10-42(52(45,46)33(24)19-32(29)51-35)20-30(43)28(16-23-14-25(37)18-26(38)15-23)41-36(44)50-31-9-13-49-34-27(31)8-12-48-34/h14-15,17-19,22,27-28,30-31,34,43H,3-13,16,20-21H2,1-2H3,(H,39,40)(H,41,44)/t27-,28-,30+,31-,34+/m0/s1. The van der Waals surface area contributed by atoms with Crippen molar-refractivity contribution >= 4 is 42.8 Å². The van der Waals surface area contributed by atoms with E-state index >= 15 is 0 Å². The van der Waals surface area contributed by atoms with Gasteiger partial charge in [-0.25, -0.2) is 27.0 Å². The van der Waals surface area contributed by atoms with E-state index in [9.17, 15) is 27.1 Å². The van der Waals surface area contributed by atoms with Crippen molar-refractivity contribution in [2.24, 2.45) is 5.92 Å². The molecule has 4 heterocycles. The van der Waals surface area contributed by atoms with E-state index in [4.69, 9.17) is 18.9 Å². The van der Waals surface area contributed by atoms with Gasteiger partial charge in [0.1, 0.15) is 17.7 Å². The van der Waals surface area contributed by atoms with E-state index in [2.05, 4.69) is 15.6 Å². The number of ether oxygens (including phenoxy) is 4. The van der Waals surface area contributed by atoms with E-state index in [-0.39, 0.29) is 42.0 Å². The fourth-order valence-corrected chi connectivity index (χ4v) is 9.83. The molecule has 5 atom stereocenters. The Morgan fingerprint density at radius 1 is 1.04 bits per heavy atom. The Labute approximate surface area is 307 Å². The number of carbonyl (C=O) groups is 1. The number of alkyl carbamates (subject to hydrolysis) is 1. The van der Waals surface area contributed by atoms with E-state index in [1.165, 1.54) is 15.6 Å². The highest BCUT2D eigenvalue weighted by molar-refractivity contribution is 7.89. The number of halogens is 2. The predicted molar refractivity (Wildman–Crippen MR) is 192 cm³/mol. The summed E-state index contributed by atoms with van der Waals surface area (Å²) < 4.78 is 82.7. The van der Waals surface area contributed by atoms with Crippen LogP contribution in [-0.4, -0.2) is 92.4 Å². The van der Waals surface area contributed by atoms with Gasteiger partial charge >= 0.3 is 6.09 Å². The fraction of sp³-hybridized carbons (Fsp3) is 0.611. The maximum atomic E-state index is 14.6. The number of benzene rings is 2. The summed E-state index contributed by atoms with van der Waals surface area (Å²) in [5.41, 5.74) is 1.27. The highest BCUT2D eigenvalue weighted by Gasteiger charge is 2.41. The third kappa shape index (κ3) is 9.75. The number of anilines is 1. The number of β-amino-alcohol motifs (C(OH)–C–C–N with tert-alkyl or cyclic N) is 1. The molecule has 0 unspecified atom stereocenters. The van der Waals surface area contributed by atoms with Crippen molar-refractivity contribution in [3.8, 4) is 0 Å². The normalized spacial score (nSPS) is 24.2. The van der Waals surface area contributed by atoms with Gasteiger partial charge in [-0.2, -0.15) is 4.31 Å². The van der Waals surface area contributed by atoms with Crippen LogP contribution in [0.25, 0.3) is 10.2 Å². The number of sulfonamides is 1. The number of carbonyl (C=O) groups excluding carboxylic acids is 1. The molecule has 12 nitrogen and oxygen atoms in total. The van der Waals surface area contributed by atoms with Gasteiger partial charge in [0.15, 0.2) is 11.4 Å². The van der Waals surface area contributed by atoms with Gasteiger partial charge in [-0.3, -0.25) is 0 Å². The quantitative estimate of drug-likeness (QED) is 0.247. The van der Waals surface area contributed by atoms with Gasteiger partial charge in [-0.05, 0) is 74.9 Å². The molecule has 1 amide bonds. The minimum Gasteiger partial charge on any atom is -0.446 e. The molecule has 0 aliphatic carbocycles. The molecule has 2 fully saturated rings. The molecule has 16 heteroatoms. The molecule has 3 aliphatic rings. The molecular formula is C36H48F2N4O8S2. The first-order chi connectivity index (χ1) is 25.0. The SMILES string of the molecule is CC(C)Nc1nc2cc3c(cc2s1)S(=O)(=O)N(C[C@@H](O)[C@H](Cc1cc(F)cc(F)c1)NC(=O)O[C@H]1CCO[C@H]2OCC[C@H]21)CCCCCCCOC3. The van der Waals surface area contributed by atoms with Crippen LogP contribution in [0.2, 0.25) is 0 Å². The van der Waals surface area contributed by atoms with Crippen LogP contribution >= 0.6 is 11.3 Å². The van der Waals surface area contributed by atoms with E-state index in [1.807, 2.05) is 13.8 Å². The van der Waals surface area contributed by atoms with E-state index in [0.29, 0.717) is 60.0 Å². The Morgan fingerprint density at radius 3 is 2.54 bits per heavy atom. The van der Waals surface area contributed by atoms with Crippen molar-refractivity contribution in [1.29, 1.82) is 0 Å². The van der Waals surface area contributed by atoms with Gasteiger partial charge < -0.3 is 34.7 Å². The van der Waals surface area contributed by atoms with Crippen molar-refractivity contribution in [3.05, 3.63) is 53.1 Å². The second-order valence-electron chi connectivity index (χ2n) is 14.0. The lowest BCUT2D eigenvalue weighted by Crippen LogP contribution is -2.52. The maximum absolute atomic E-state index is 14.6. The number of thiazole rings is 1. The van der Waals surface area contributed by atoms with E-state index < -0.39 is 58.8 Å². The number of amides is 1. The summed E-state index contributed by atoms with van der Waals surface area (Å²) in [6.45, 7) is 5.07. The van der Waals surface area contributed by atoms with Gasteiger partial charge in [0.25, 0.3) is 0 Å². The number of aliphatic hydroxyl groups excluding tert-OH is 1. The number of nitrogens with zero attached hydrogens (tertiary/aromatic N) is 2. The molecular weight excluding hydrogens is 719 g/mol. The summed E-state index contributed by atoms with van der Waals surface area (Å²) in [5, 5.41) is 18.4. The second-order valence-corrected chi connectivity index (χ2v) is 17.0. The van der Waals surface area contributed by atoms with E-state index in [1.54, 1.807) is 12.1 Å². The minimum absolute atomic E-state index is 0.0511. The summed E-state index contributed by atoms with van der Waals surface area (Å²) in [4.78, 5) is 18.1. The Kier molecular flexibility index (Phi) is 13.0. The lowest BCUT2D eigenvalue weighted by Gasteiger charge is -2.33. The van der Waals surface area contributed by atoms with Crippen LogP contribution in [0.3, 0.4) is 0 Å². The fourth-order valence-electron chi connectivity index (χ4n) is 7.01. The molecule has 2 saturated heterocycles. The number of aromatic nitrogens is 1. The molecule has 6 rings (SSSR count). The highest BCUT2D eigenvalue weighted by atomic mass is 32.2. The predicted octanol–water partition coefficient (Wildman–Crippen LogP) is 5.72. The molecule has 2 aromatic carbocycles. The molecule has 0 saturated carbocycles. The van der Waals surface area contributed by atoms with Crippen molar-refractivity contribution in [1.82, 2.24) is 14.6 Å². The van der Waals surface area contributed by atoms with Crippen LogP contribution in [0, 0.1) is 17.6 Å². The first-order valence-corrected chi connectivity index (χ1v) is 20.3. The van der Waals surface area contributed by atoms with Gasteiger partial charge in [0, 0.05) is 44.1 Å². The third-order valence-corrected chi connectivity index (χ3v) is 12.5. The molecule has 1 aromatic heterocycles. The number of nitrogens with one attached hydrogen (secondary N) is 2. The van der Waals surface area contributed by atoms with Gasteiger partial charge in [0.05, 0.1) is 47.1 Å². The molecule has 0 radical (unpaired) electrons. The average Bonchev–Trinajstić information content (AvgIpc) is 3.72. The average molecular weight is 767 g/mol. The summed E-state index contributed by atoms with van der Waals surface area (Å²) >= 11 is 1.35. The first-order valence-electron chi connectivity index (χ1n) is 18.1. The molecule has 52 heavy (non-hydrogen) atoms. The lowest BCUT2D eigenvalue weighted by molar-refractivity contribution is -0.179. The van der Waals surface area contributed by atoms with E-state index in [0.717, 1.165) is 43.9 Å². The number of rotatable bonds is 9. The smallest absolute Gasteiger partial charge is 0.407 e. The zero-order valence-corrected chi connectivity index (χ0v) is 31.2. The Morgan fingerprint density at radius 2 is 1.77 bits per heavy atom. The Balaban J connectivity index is 1.29. The number of hydrogen-bond acceptors (Lipinski definition) is 11. The Bertz CT molecular complexity index is 1770. The van der Waals surface area contributed by atoms with Crippen LogP contribution in [0.5, 0.6) is 0 Å². The highest BCUT2D eigenvalue weighted by Crippen LogP contribution is 2.34. The number of hydrogen-bond donors (Lipinski definition) is 3. The maximum Gasteiger partial charge on any atom is 0.407 e. The molecule has 0 spiro atoms. The summed E-state index contributed by atoms with van der Waals surface area (Å²) in [5.74, 6) is -1.79. The summed E-state index contributed by atoms with van der Waals surface area (Å²) in [6, 6.07) is 5.28. The van der Waals surface area contributed by atoms with Crippen LogP contribution in [0.1, 0.15) is 69.9 Å². The van der Waals surface area contributed by atoms with Crippen LogP contribution in [0.4, 0.5) is 18.7 Å². The van der Waals surface area contributed by atoms with Crippen LogP contribution in [0.15, 0.2) is 35.2 Å². The van der Waals surface area contributed by atoms with Crippen molar-refractivity contribution in [2.45, 2.75) is 107 Å². The number of aliphatic hydroxyl groups is 1. The third-order valence-electron chi connectivity index (χ3n) is 9.59. The molecule has 0 bridgehead atoms.